The first-order valence-corrected chi connectivity index (χ1v) is 12.3. The first kappa shape index (κ1) is 21.5. The Balaban J connectivity index is 1.26. The molecular weight excluding hydrogens is 410 g/mol. The zero-order valence-electron chi connectivity index (χ0n) is 18.7. The minimum Gasteiger partial charge on any atom is -0.462 e. The van der Waals surface area contributed by atoms with E-state index < -0.39 is 5.60 Å². The molecule has 31 heavy (non-hydrogen) atoms. The van der Waals surface area contributed by atoms with Crippen LogP contribution >= 0.6 is 11.6 Å². The zero-order valence-corrected chi connectivity index (χ0v) is 19.5. The number of ether oxygens (including phenoxy) is 1. The fourth-order valence-corrected chi connectivity index (χ4v) is 6.88. The Morgan fingerprint density at radius 2 is 1.90 bits per heavy atom. The number of hydrogen-bond acceptors (Lipinski definition) is 4. The normalized spacial score (nSPS) is 35.5. The van der Waals surface area contributed by atoms with Gasteiger partial charge < -0.3 is 14.7 Å². The molecule has 1 saturated carbocycles. The summed E-state index contributed by atoms with van der Waals surface area (Å²) in [7, 11) is 0. The van der Waals surface area contributed by atoms with Crippen molar-refractivity contribution in [3.05, 3.63) is 46.0 Å². The van der Waals surface area contributed by atoms with E-state index in [2.05, 4.69) is 18.7 Å². The number of likely N-dealkylation sites (tertiary alicyclic amines) is 1. The van der Waals surface area contributed by atoms with Crippen molar-refractivity contribution in [2.75, 3.05) is 19.6 Å². The number of hydrogen-bond donors (Lipinski definition) is 1. The van der Waals surface area contributed by atoms with Crippen molar-refractivity contribution < 1.29 is 14.6 Å². The Hall–Kier alpha value is -1.36. The molecule has 0 spiro atoms. The minimum absolute atomic E-state index is 0.00552. The molecule has 1 N–H and O–H groups in total. The molecule has 4 nitrogen and oxygen atoms in total. The van der Waals surface area contributed by atoms with Crippen molar-refractivity contribution in [3.63, 3.8) is 0 Å². The highest BCUT2D eigenvalue weighted by Crippen LogP contribution is 2.55. The van der Waals surface area contributed by atoms with Crippen molar-refractivity contribution >= 4 is 17.6 Å². The average molecular weight is 444 g/mol. The third-order valence-corrected chi connectivity index (χ3v) is 8.95. The summed E-state index contributed by atoms with van der Waals surface area (Å²) in [4.78, 5) is 15.2. The molecule has 1 aromatic rings. The number of allylic oxidation sites excluding steroid dienone is 2. The molecule has 0 amide bonds. The smallest absolute Gasteiger partial charge is 0.310 e. The molecule has 2 saturated heterocycles. The van der Waals surface area contributed by atoms with Crippen LogP contribution < -0.4 is 0 Å². The summed E-state index contributed by atoms with van der Waals surface area (Å²) < 4.78 is 5.94. The molecule has 4 atom stereocenters. The van der Waals surface area contributed by atoms with Gasteiger partial charge in [-0.1, -0.05) is 41.8 Å². The van der Waals surface area contributed by atoms with Crippen molar-refractivity contribution in [2.45, 2.75) is 70.5 Å². The Morgan fingerprint density at radius 1 is 1.19 bits per heavy atom. The quantitative estimate of drug-likeness (QED) is 0.522. The average Bonchev–Trinajstić information content (AvgIpc) is 3.02. The third-order valence-electron chi connectivity index (χ3n) is 8.70. The Kier molecular flexibility index (Phi) is 5.47. The maximum atomic E-state index is 12.9. The molecule has 0 unspecified atom stereocenters. The Labute approximate surface area is 190 Å². The number of benzene rings is 1. The van der Waals surface area contributed by atoms with Crippen LogP contribution in [0.4, 0.5) is 0 Å². The number of halogens is 1. The van der Waals surface area contributed by atoms with Crippen LogP contribution in [0.15, 0.2) is 35.4 Å². The Morgan fingerprint density at radius 3 is 2.61 bits per heavy atom. The van der Waals surface area contributed by atoms with E-state index in [9.17, 15) is 9.90 Å². The number of aliphatic hydroxyl groups is 1. The zero-order chi connectivity index (χ0) is 21.8. The summed E-state index contributed by atoms with van der Waals surface area (Å²) in [6, 6.07) is 7.54. The molecule has 1 aromatic carbocycles. The van der Waals surface area contributed by atoms with Gasteiger partial charge >= 0.3 is 5.97 Å². The highest BCUT2D eigenvalue weighted by Gasteiger charge is 2.53. The molecule has 3 fully saturated rings. The lowest BCUT2D eigenvalue weighted by Gasteiger charge is -2.46. The van der Waals surface area contributed by atoms with Crippen LogP contribution in [0.5, 0.6) is 0 Å². The minimum atomic E-state index is -0.809. The molecule has 2 aliphatic carbocycles. The molecule has 2 heterocycles. The highest BCUT2D eigenvalue weighted by molar-refractivity contribution is 6.30. The predicted molar refractivity (Wildman–Crippen MR) is 122 cm³/mol. The lowest BCUT2D eigenvalue weighted by molar-refractivity contribution is -0.145. The van der Waals surface area contributed by atoms with Gasteiger partial charge in [0.05, 0.1) is 11.5 Å². The number of carbonyl (C=O) groups is 1. The number of rotatable bonds is 3. The summed E-state index contributed by atoms with van der Waals surface area (Å²) in [6.07, 6.45) is 7.12. The monoisotopic (exact) mass is 443 g/mol. The van der Waals surface area contributed by atoms with Crippen LogP contribution in [0, 0.1) is 17.3 Å². The van der Waals surface area contributed by atoms with Gasteiger partial charge in [0.25, 0.3) is 0 Å². The van der Waals surface area contributed by atoms with Gasteiger partial charge in [-0.15, -0.1) is 0 Å². The van der Waals surface area contributed by atoms with Crippen molar-refractivity contribution in [3.8, 4) is 0 Å². The summed E-state index contributed by atoms with van der Waals surface area (Å²) in [5, 5.41) is 11.9. The van der Waals surface area contributed by atoms with Gasteiger partial charge in [-0.3, -0.25) is 4.79 Å². The van der Waals surface area contributed by atoms with Gasteiger partial charge in [-0.2, -0.15) is 0 Å². The van der Waals surface area contributed by atoms with E-state index in [4.69, 9.17) is 16.3 Å². The molecule has 4 aliphatic rings. The molecule has 5 rings (SSSR count). The molecule has 0 radical (unpaired) electrons. The second kappa shape index (κ2) is 7.90. The van der Waals surface area contributed by atoms with Gasteiger partial charge in [-0.05, 0) is 75.0 Å². The summed E-state index contributed by atoms with van der Waals surface area (Å²) in [5.74, 6) is 0.258. The summed E-state index contributed by atoms with van der Waals surface area (Å²) in [6.45, 7) is 7.01. The lowest BCUT2D eigenvalue weighted by Crippen LogP contribution is -2.46. The van der Waals surface area contributed by atoms with Crippen LogP contribution in [0.1, 0.15) is 64.4 Å². The lowest BCUT2D eigenvalue weighted by atomic mass is 9.59. The summed E-state index contributed by atoms with van der Waals surface area (Å²) in [5.41, 5.74) is 3.51. The van der Waals surface area contributed by atoms with Gasteiger partial charge in [0.15, 0.2) is 0 Å². The number of carbonyl (C=O) groups excluding carboxylic acids is 1. The topological polar surface area (TPSA) is 49.8 Å². The molecule has 5 heteroatoms. The second-order valence-corrected chi connectivity index (χ2v) is 11.1. The van der Waals surface area contributed by atoms with Crippen LogP contribution in [0.3, 0.4) is 0 Å². The van der Waals surface area contributed by atoms with Gasteiger partial charge in [-0.25, -0.2) is 0 Å². The molecular formula is C26H34ClNO3. The first-order valence-electron chi connectivity index (χ1n) is 11.9. The predicted octanol–water partition coefficient (Wildman–Crippen LogP) is 5.08. The highest BCUT2D eigenvalue weighted by atomic mass is 35.5. The molecule has 168 valence electrons. The van der Waals surface area contributed by atoms with Crippen molar-refractivity contribution in [1.29, 1.82) is 0 Å². The number of fused-ring (bicyclic) bond motifs is 2. The Bertz CT molecular complexity index is 886. The first-order chi connectivity index (χ1) is 14.8. The SMILES string of the molecule is CC1=C2C[C@@H]3[C@H](CN4CCC(O)(c5ccc(Cl)cc5)CC4)C(=O)O[C@@H]3C[C@@]2(C)CCC1. The molecule has 0 bridgehead atoms. The van der Waals surface area contributed by atoms with E-state index in [-0.39, 0.29) is 23.4 Å². The molecule has 2 aliphatic heterocycles. The van der Waals surface area contributed by atoms with E-state index in [1.807, 2.05) is 24.3 Å². The third kappa shape index (κ3) is 3.85. The summed E-state index contributed by atoms with van der Waals surface area (Å²) >= 11 is 6.01. The van der Waals surface area contributed by atoms with E-state index in [1.165, 1.54) is 19.3 Å². The van der Waals surface area contributed by atoms with Crippen molar-refractivity contribution in [1.82, 2.24) is 4.90 Å². The second-order valence-electron chi connectivity index (χ2n) is 10.7. The fraction of sp³-hybridized carbons (Fsp3) is 0.654. The fourth-order valence-electron chi connectivity index (χ4n) is 6.75. The number of nitrogens with zero attached hydrogens (tertiary/aromatic N) is 1. The van der Waals surface area contributed by atoms with Crippen LogP contribution in [0.2, 0.25) is 5.02 Å². The standard InChI is InChI=1S/C26H34ClNO3/c1-17-4-3-9-25(2)15-23-20(14-22(17)25)21(24(29)31-23)16-28-12-10-26(30,11-13-28)18-5-7-19(27)8-6-18/h5-8,20-21,23,30H,3-4,9-16H2,1-2H3/t20-,21+,23-,25-/m1/s1. The van der Waals surface area contributed by atoms with Gasteiger partial charge in [0.1, 0.15) is 6.10 Å². The van der Waals surface area contributed by atoms with E-state index in [1.54, 1.807) is 11.1 Å². The van der Waals surface area contributed by atoms with Gasteiger partial charge in [0.2, 0.25) is 0 Å². The van der Waals surface area contributed by atoms with Crippen LogP contribution in [-0.4, -0.2) is 41.7 Å². The van der Waals surface area contributed by atoms with Crippen molar-refractivity contribution in [2.24, 2.45) is 17.3 Å². The van der Waals surface area contributed by atoms with Crippen LogP contribution in [-0.2, 0) is 15.1 Å². The molecule has 0 aromatic heterocycles. The number of esters is 1. The van der Waals surface area contributed by atoms with E-state index in [0.717, 1.165) is 38.0 Å². The maximum Gasteiger partial charge on any atom is 0.310 e. The largest absolute Gasteiger partial charge is 0.462 e. The number of piperidine rings is 1. The maximum absolute atomic E-state index is 12.9. The van der Waals surface area contributed by atoms with Crippen LogP contribution in [0.25, 0.3) is 0 Å². The van der Waals surface area contributed by atoms with E-state index in [0.29, 0.717) is 23.8 Å². The van der Waals surface area contributed by atoms with E-state index >= 15 is 0 Å². The van der Waals surface area contributed by atoms with Gasteiger partial charge in [0, 0.05) is 30.6 Å².